The summed E-state index contributed by atoms with van der Waals surface area (Å²) in [5, 5.41) is -0.272. The van der Waals surface area contributed by atoms with E-state index in [0.29, 0.717) is 25.9 Å². The van der Waals surface area contributed by atoms with Crippen LogP contribution in [0.1, 0.15) is 50.5 Å². The van der Waals surface area contributed by atoms with Crippen LogP contribution in [-0.4, -0.2) is 56.4 Å². The number of carbonyl (C=O) groups is 2. The molecule has 0 aromatic heterocycles. The molecule has 7 heteroatoms. The highest BCUT2D eigenvalue weighted by atomic mass is 32.2. The van der Waals surface area contributed by atoms with E-state index in [9.17, 15) is 18.0 Å². The van der Waals surface area contributed by atoms with Gasteiger partial charge >= 0.3 is 5.97 Å². The summed E-state index contributed by atoms with van der Waals surface area (Å²) in [6, 6.07) is 9.53. The number of methoxy groups -OCH3 is 1. The maximum Gasteiger partial charge on any atom is 0.316 e. The summed E-state index contributed by atoms with van der Waals surface area (Å²) in [6.07, 6.45) is 4.33. The SMILES string of the molecule is COC(=O)C1(c2ccccc2)CCN(C(=O)CCS(=O)(=O)C2CCCC2)CC1. The van der Waals surface area contributed by atoms with Crippen LogP contribution in [-0.2, 0) is 29.6 Å². The highest BCUT2D eigenvalue weighted by Crippen LogP contribution is 2.37. The second-order valence-electron chi connectivity index (χ2n) is 7.84. The lowest BCUT2D eigenvalue weighted by atomic mass is 9.72. The first-order chi connectivity index (χ1) is 13.4. The standard InChI is InChI=1S/C21H29NO5S/c1-27-20(24)21(17-7-3-2-4-8-17)12-14-22(15-13-21)19(23)11-16-28(25,26)18-9-5-6-10-18/h2-4,7-8,18H,5-6,9-16H2,1H3. The summed E-state index contributed by atoms with van der Waals surface area (Å²) in [7, 11) is -1.81. The molecule has 1 aromatic rings. The minimum atomic E-state index is -3.20. The van der Waals surface area contributed by atoms with Crippen molar-refractivity contribution in [2.75, 3.05) is 26.0 Å². The summed E-state index contributed by atoms with van der Waals surface area (Å²) in [5.41, 5.74) is 0.153. The Bertz CT molecular complexity index is 791. The zero-order valence-electron chi connectivity index (χ0n) is 16.4. The number of hydrogen-bond acceptors (Lipinski definition) is 5. The third-order valence-corrected chi connectivity index (χ3v) is 8.54. The fourth-order valence-electron chi connectivity index (χ4n) is 4.50. The average molecular weight is 408 g/mol. The predicted octanol–water partition coefficient (Wildman–Crippen LogP) is 2.47. The third-order valence-electron chi connectivity index (χ3n) is 6.28. The first-order valence-electron chi connectivity index (χ1n) is 10.0. The molecule has 0 spiro atoms. The third kappa shape index (κ3) is 4.24. The molecule has 154 valence electrons. The average Bonchev–Trinajstić information content (AvgIpc) is 3.28. The summed E-state index contributed by atoms with van der Waals surface area (Å²) >= 11 is 0. The van der Waals surface area contributed by atoms with Gasteiger partial charge in [0.15, 0.2) is 9.84 Å². The molecule has 1 aliphatic carbocycles. The van der Waals surface area contributed by atoms with Crippen LogP contribution < -0.4 is 0 Å². The number of hydrogen-bond donors (Lipinski definition) is 0. The lowest BCUT2D eigenvalue weighted by Crippen LogP contribution is -2.49. The quantitative estimate of drug-likeness (QED) is 0.677. The van der Waals surface area contributed by atoms with Crippen LogP contribution in [0.4, 0.5) is 0 Å². The maximum absolute atomic E-state index is 12.6. The number of benzene rings is 1. The number of carbonyl (C=O) groups excluding carboxylic acids is 2. The van der Waals surface area contributed by atoms with Gasteiger partial charge in [0.1, 0.15) is 0 Å². The van der Waals surface area contributed by atoms with Gasteiger partial charge < -0.3 is 9.64 Å². The Morgan fingerprint density at radius 3 is 2.29 bits per heavy atom. The Hall–Kier alpha value is -1.89. The molecule has 2 aliphatic rings. The van der Waals surface area contributed by atoms with E-state index >= 15 is 0 Å². The molecule has 1 saturated heterocycles. The maximum atomic E-state index is 12.6. The van der Waals surface area contributed by atoms with Gasteiger partial charge in [0.25, 0.3) is 0 Å². The zero-order chi connectivity index (χ0) is 20.2. The first kappa shape index (κ1) is 20.8. The highest BCUT2D eigenvalue weighted by molar-refractivity contribution is 7.92. The molecule has 0 atom stereocenters. The number of likely N-dealkylation sites (tertiary alicyclic amines) is 1. The van der Waals surface area contributed by atoms with Crippen LogP contribution >= 0.6 is 0 Å². The Balaban J connectivity index is 1.61. The van der Waals surface area contributed by atoms with Crippen molar-refractivity contribution >= 4 is 21.7 Å². The number of ether oxygens (including phenoxy) is 1. The Labute approximate surface area is 167 Å². The van der Waals surface area contributed by atoms with Crippen molar-refractivity contribution in [2.24, 2.45) is 0 Å². The second-order valence-corrected chi connectivity index (χ2v) is 10.2. The molecular formula is C21H29NO5S. The molecule has 1 aliphatic heterocycles. The molecule has 0 bridgehead atoms. The van der Waals surface area contributed by atoms with Gasteiger partial charge in [-0.25, -0.2) is 8.42 Å². The van der Waals surface area contributed by atoms with Gasteiger partial charge in [-0.1, -0.05) is 43.2 Å². The summed E-state index contributed by atoms with van der Waals surface area (Å²) in [6.45, 7) is 0.846. The van der Waals surface area contributed by atoms with Crippen LogP contribution in [0.15, 0.2) is 30.3 Å². The van der Waals surface area contributed by atoms with Gasteiger partial charge in [0.05, 0.1) is 23.5 Å². The normalized spacial score (nSPS) is 20.1. The molecular weight excluding hydrogens is 378 g/mol. The number of rotatable bonds is 6. The van der Waals surface area contributed by atoms with E-state index < -0.39 is 15.3 Å². The van der Waals surface area contributed by atoms with Crippen molar-refractivity contribution in [1.82, 2.24) is 4.90 Å². The van der Waals surface area contributed by atoms with E-state index in [1.54, 1.807) is 4.90 Å². The first-order valence-corrected chi connectivity index (χ1v) is 11.7. The molecule has 2 fully saturated rings. The van der Waals surface area contributed by atoms with Crippen molar-refractivity contribution < 1.29 is 22.7 Å². The van der Waals surface area contributed by atoms with Gasteiger partial charge in [-0.15, -0.1) is 0 Å². The largest absolute Gasteiger partial charge is 0.468 e. The summed E-state index contributed by atoms with van der Waals surface area (Å²) in [4.78, 5) is 26.8. The van der Waals surface area contributed by atoms with Gasteiger partial charge in [-0.05, 0) is 31.2 Å². The molecule has 28 heavy (non-hydrogen) atoms. The molecule has 3 rings (SSSR count). The van der Waals surface area contributed by atoms with Gasteiger partial charge in [0.2, 0.25) is 5.91 Å². The van der Waals surface area contributed by atoms with Gasteiger partial charge in [-0.2, -0.15) is 0 Å². The van der Waals surface area contributed by atoms with Crippen LogP contribution in [0.2, 0.25) is 0 Å². The molecule has 0 unspecified atom stereocenters. The minimum Gasteiger partial charge on any atom is -0.468 e. The van der Waals surface area contributed by atoms with Gasteiger partial charge in [0, 0.05) is 19.5 Å². The van der Waals surface area contributed by atoms with Gasteiger partial charge in [-0.3, -0.25) is 9.59 Å². The topological polar surface area (TPSA) is 80.8 Å². The Kier molecular flexibility index (Phi) is 6.43. The molecule has 0 radical (unpaired) electrons. The zero-order valence-corrected chi connectivity index (χ0v) is 17.2. The predicted molar refractivity (Wildman–Crippen MR) is 107 cm³/mol. The number of piperidine rings is 1. The van der Waals surface area contributed by atoms with E-state index in [4.69, 9.17) is 4.74 Å². The van der Waals surface area contributed by atoms with Crippen LogP contribution in [0, 0.1) is 0 Å². The van der Waals surface area contributed by atoms with E-state index in [2.05, 4.69) is 0 Å². The fraction of sp³-hybridized carbons (Fsp3) is 0.619. The number of sulfone groups is 1. The molecule has 1 amide bonds. The van der Waals surface area contributed by atoms with E-state index in [-0.39, 0.29) is 29.3 Å². The smallest absolute Gasteiger partial charge is 0.316 e. The van der Waals surface area contributed by atoms with Crippen LogP contribution in [0.25, 0.3) is 0 Å². The van der Waals surface area contributed by atoms with Crippen molar-refractivity contribution in [1.29, 1.82) is 0 Å². The molecule has 6 nitrogen and oxygen atoms in total. The fourth-order valence-corrected chi connectivity index (χ4v) is 6.35. The van der Waals surface area contributed by atoms with Crippen LogP contribution in [0.3, 0.4) is 0 Å². The molecule has 1 heterocycles. The number of nitrogens with zero attached hydrogens (tertiary/aromatic N) is 1. The number of esters is 1. The second kappa shape index (κ2) is 8.64. The highest BCUT2D eigenvalue weighted by Gasteiger charge is 2.44. The van der Waals surface area contributed by atoms with Crippen LogP contribution in [0.5, 0.6) is 0 Å². The van der Waals surface area contributed by atoms with E-state index in [1.807, 2.05) is 30.3 Å². The summed E-state index contributed by atoms with van der Waals surface area (Å²) in [5.74, 6) is -0.504. The van der Waals surface area contributed by atoms with Crippen molar-refractivity contribution in [3.63, 3.8) is 0 Å². The van der Waals surface area contributed by atoms with Crippen molar-refractivity contribution in [3.05, 3.63) is 35.9 Å². The van der Waals surface area contributed by atoms with E-state index in [0.717, 1.165) is 31.2 Å². The van der Waals surface area contributed by atoms with E-state index in [1.165, 1.54) is 7.11 Å². The van der Waals surface area contributed by atoms with Crippen molar-refractivity contribution in [3.8, 4) is 0 Å². The summed E-state index contributed by atoms with van der Waals surface area (Å²) < 4.78 is 29.9. The number of amides is 1. The molecule has 1 saturated carbocycles. The molecule has 0 N–H and O–H groups in total. The van der Waals surface area contributed by atoms with Crippen molar-refractivity contribution in [2.45, 2.75) is 55.6 Å². The lowest BCUT2D eigenvalue weighted by molar-refractivity contribution is -0.151. The Morgan fingerprint density at radius 1 is 1.11 bits per heavy atom. The Morgan fingerprint density at radius 2 is 1.71 bits per heavy atom. The molecule has 1 aromatic carbocycles. The lowest BCUT2D eigenvalue weighted by Gasteiger charge is -2.40. The minimum absolute atomic E-state index is 0.0232. The monoisotopic (exact) mass is 407 g/mol.